The Hall–Kier alpha value is -1.39. The number of piperidine rings is 1. The monoisotopic (exact) mass is 386 g/mol. The molecule has 1 aromatic rings. The molecule has 3 rings (SSSR count). The van der Waals surface area contributed by atoms with Crippen LogP contribution < -0.4 is 0 Å². The Morgan fingerprint density at radius 2 is 1.71 bits per heavy atom. The van der Waals surface area contributed by atoms with Gasteiger partial charge in [-0.05, 0) is 75.9 Å². The SMILES string of the molecule is CCCN(C)CC1(O)CCC2(CCN(C(=O)CCc3ccccc3)CC2)CC1. The van der Waals surface area contributed by atoms with Gasteiger partial charge in [-0.25, -0.2) is 0 Å². The number of benzene rings is 1. The van der Waals surface area contributed by atoms with E-state index in [1.54, 1.807) is 0 Å². The summed E-state index contributed by atoms with van der Waals surface area (Å²) in [6.07, 6.45) is 8.80. The second-order valence-electron chi connectivity index (χ2n) is 9.33. The Morgan fingerprint density at radius 1 is 1.07 bits per heavy atom. The number of hydrogen-bond acceptors (Lipinski definition) is 3. The Morgan fingerprint density at radius 3 is 2.32 bits per heavy atom. The third kappa shape index (κ3) is 5.57. The molecule has 2 aliphatic rings. The number of amides is 1. The number of carbonyl (C=O) groups excluding carboxylic acids is 1. The Kier molecular flexibility index (Phi) is 7.16. The minimum Gasteiger partial charge on any atom is -0.389 e. The summed E-state index contributed by atoms with van der Waals surface area (Å²) < 4.78 is 0. The van der Waals surface area contributed by atoms with Crippen LogP contribution in [0.15, 0.2) is 30.3 Å². The van der Waals surface area contributed by atoms with E-state index < -0.39 is 5.60 Å². The highest BCUT2D eigenvalue weighted by Crippen LogP contribution is 2.47. The average Bonchev–Trinajstić information content (AvgIpc) is 2.70. The maximum Gasteiger partial charge on any atom is 0.222 e. The molecule has 0 radical (unpaired) electrons. The lowest BCUT2D eigenvalue weighted by molar-refractivity contribution is -0.135. The lowest BCUT2D eigenvalue weighted by Crippen LogP contribution is -2.50. The van der Waals surface area contributed by atoms with Crippen LogP contribution >= 0.6 is 0 Å². The average molecular weight is 387 g/mol. The fraction of sp³-hybridized carbons (Fsp3) is 0.708. The van der Waals surface area contributed by atoms with Gasteiger partial charge < -0.3 is 14.9 Å². The zero-order valence-electron chi connectivity index (χ0n) is 17.8. The first-order valence-corrected chi connectivity index (χ1v) is 11.2. The second kappa shape index (κ2) is 9.41. The molecule has 1 aromatic carbocycles. The molecule has 156 valence electrons. The first kappa shape index (κ1) is 21.3. The molecule has 1 N–H and O–H groups in total. The molecular formula is C24H38N2O2. The van der Waals surface area contributed by atoms with Crippen LogP contribution in [0.5, 0.6) is 0 Å². The van der Waals surface area contributed by atoms with Crippen molar-refractivity contribution < 1.29 is 9.90 Å². The number of aryl methyl sites for hydroxylation is 1. The topological polar surface area (TPSA) is 43.8 Å². The van der Waals surface area contributed by atoms with E-state index in [4.69, 9.17) is 0 Å². The van der Waals surface area contributed by atoms with Gasteiger partial charge in [0.2, 0.25) is 5.91 Å². The number of aliphatic hydroxyl groups is 1. The molecule has 0 aromatic heterocycles. The number of likely N-dealkylation sites (tertiary alicyclic amines) is 1. The lowest BCUT2D eigenvalue weighted by atomic mass is 9.64. The van der Waals surface area contributed by atoms with E-state index in [1.807, 2.05) is 18.2 Å². The Bertz CT molecular complexity index is 613. The highest BCUT2D eigenvalue weighted by Gasteiger charge is 2.43. The van der Waals surface area contributed by atoms with Crippen LogP contribution in [0.25, 0.3) is 0 Å². The summed E-state index contributed by atoms with van der Waals surface area (Å²) >= 11 is 0. The zero-order valence-corrected chi connectivity index (χ0v) is 17.8. The predicted octanol–water partition coefficient (Wildman–Crippen LogP) is 3.87. The third-order valence-corrected chi connectivity index (χ3v) is 7.06. The first-order chi connectivity index (χ1) is 13.4. The molecule has 1 aliphatic carbocycles. The standard InChI is InChI=1S/C24H38N2O2/c1-3-17-25(2)20-24(28)13-11-23(12-14-24)15-18-26(19-16-23)22(27)10-9-21-7-5-4-6-8-21/h4-8,28H,3,9-20H2,1-2H3. The molecule has 1 heterocycles. The van der Waals surface area contributed by atoms with Crippen molar-refractivity contribution in [2.75, 3.05) is 33.2 Å². The summed E-state index contributed by atoms with van der Waals surface area (Å²) in [5, 5.41) is 11.0. The summed E-state index contributed by atoms with van der Waals surface area (Å²) in [5.74, 6) is 0.298. The normalized spacial score (nSPS) is 21.2. The Labute approximate surface area is 170 Å². The fourth-order valence-electron chi connectivity index (χ4n) is 5.15. The van der Waals surface area contributed by atoms with Crippen molar-refractivity contribution in [3.8, 4) is 0 Å². The van der Waals surface area contributed by atoms with Gasteiger partial charge in [0.25, 0.3) is 0 Å². The smallest absolute Gasteiger partial charge is 0.222 e. The third-order valence-electron chi connectivity index (χ3n) is 7.06. The number of nitrogens with zero attached hydrogens (tertiary/aromatic N) is 2. The van der Waals surface area contributed by atoms with Gasteiger partial charge in [0.05, 0.1) is 5.60 Å². The molecule has 0 unspecified atom stereocenters. The maximum atomic E-state index is 12.6. The molecule has 0 atom stereocenters. The molecule has 0 bridgehead atoms. The summed E-state index contributed by atoms with van der Waals surface area (Å²) in [5.41, 5.74) is 1.08. The molecular weight excluding hydrogens is 348 g/mol. The van der Waals surface area contributed by atoms with E-state index in [0.717, 1.165) is 77.5 Å². The van der Waals surface area contributed by atoms with E-state index in [1.165, 1.54) is 5.56 Å². The van der Waals surface area contributed by atoms with Crippen LogP contribution in [0.4, 0.5) is 0 Å². The highest BCUT2D eigenvalue weighted by atomic mass is 16.3. The van der Waals surface area contributed by atoms with Crippen LogP contribution in [0, 0.1) is 5.41 Å². The van der Waals surface area contributed by atoms with Gasteiger partial charge in [0, 0.05) is 26.1 Å². The fourth-order valence-corrected chi connectivity index (χ4v) is 5.15. The van der Waals surface area contributed by atoms with Crippen molar-refractivity contribution in [1.29, 1.82) is 0 Å². The van der Waals surface area contributed by atoms with Gasteiger partial charge in [-0.1, -0.05) is 37.3 Å². The van der Waals surface area contributed by atoms with E-state index >= 15 is 0 Å². The lowest BCUT2D eigenvalue weighted by Gasteiger charge is -2.49. The van der Waals surface area contributed by atoms with Gasteiger partial charge in [0.15, 0.2) is 0 Å². The second-order valence-corrected chi connectivity index (χ2v) is 9.33. The van der Waals surface area contributed by atoms with Crippen LogP contribution in [-0.4, -0.2) is 59.6 Å². The van der Waals surface area contributed by atoms with E-state index in [-0.39, 0.29) is 0 Å². The molecule has 1 spiro atoms. The van der Waals surface area contributed by atoms with Crippen molar-refractivity contribution in [2.45, 2.75) is 70.3 Å². The van der Waals surface area contributed by atoms with Gasteiger partial charge in [-0.3, -0.25) is 4.79 Å². The number of carbonyl (C=O) groups is 1. The number of rotatable bonds is 7. The summed E-state index contributed by atoms with van der Waals surface area (Å²) in [4.78, 5) is 17.0. The largest absolute Gasteiger partial charge is 0.389 e. The minimum atomic E-state index is -0.516. The zero-order chi connectivity index (χ0) is 20.0. The van der Waals surface area contributed by atoms with E-state index in [0.29, 0.717) is 17.7 Å². The highest BCUT2D eigenvalue weighted by molar-refractivity contribution is 5.76. The molecule has 1 aliphatic heterocycles. The minimum absolute atomic E-state index is 0.298. The van der Waals surface area contributed by atoms with E-state index in [2.05, 4.69) is 35.9 Å². The molecule has 4 heteroatoms. The van der Waals surface area contributed by atoms with Crippen molar-refractivity contribution in [1.82, 2.24) is 9.80 Å². The van der Waals surface area contributed by atoms with Gasteiger partial charge >= 0.3 is 0 Å². The van der Waals surface area contributed by atoms with Crippen molar-refractivity contribution in [3.63, 3.8) is 0 Å². The predicted molar refractivity (Wildman–Crippen MR) is 114 cm³/mol. The maximum absolute atomic E-state index is 12.6. The molecule has 4 nitrogen and oxygen atoms in total. The van der Waals surface area contributed by atoms with Crippen molar-refractivity contribution in [2.24, 2.45) is 5.41 Å². The van der Waals surface area contributed by atoms with Gasteiger partial charge in [0.1, 0.15) is 0 Å². The summed E-state index contributed by atoms with van der Waals surface area (Å²) in [6.45, 7) is 5.81. The molecule has 28 heavy (non-hydrogen) atoms. The Balaban J connectivity index is 1.43. The molecule has 1 saturated heterocycles. The summed E-state index contributed by atoms with van der Waals surface area (Å²) in [7, 11) is 2.12. The quantitative estimate of drug-likeness (QED) is 0.773. The number of hydrogen-bond donors (Lipinski definition) is 1. The van der Waals surface area contributed by atoms with Crippen LogP contribution in [-0.2, 0) is 11.2 Å². The van der Waals surface area contributed by atoms with Crippen molar-refractivity contribution in [3.05, 3.63) is 35.9 Å². The first-order valence-electron chi connectivity index (χ1n) is 11.2. The van der Waals surface area contributed by atoms with Gasteiger partial charge in [-0.2, -0.15) is 0 Å². The van der Waals surface area contributed by atoms with Crippen LogP contribution in [0.2, 0.25) is 0 Å². The van der Waals surface area contributed by atoms with Gasteiger partial charge in [-0.15, -0.1) is 0 Å². The van der Waals surface area contributed by atoms with Crippen molar-refractivity contribution >= 4 is 5.91 Å². The van der Waals surface area contributed by atoms with Crippen LogP contribution in [0.1, 0.15) is 63.9 Å². The molecule has 2 fully saturated rings. The van der Waals surface area contributed by atoms with E-state index in [9.17, 15) is 9.90 Å². The molecule has 1 amide bonds. The number of likely N-dealkylation sites (N-methyl/N-ethyl adjacent to an activating group) is 1. The van der Waals surface area contributed by atoms with Crippen LogP contribution in [0.3, 0.4) is 0 Å². The molecule has 1 saturated carbocycles. The summed E-state index contributed by atoms with van der Waals surface area (Å²) in [6, 6.07) is 10.3.